The highest BCUT2D eigenvalue weighted by Crippen LogP contribution is 2.19. The van der Waals surface area contributed by atoms with Crippen LogP contribution in [0.1, 0.15) is 17.7 Å². The van der Waals surface area contributed by atoms with E-state index in [1.54, 1.807) is 30.5 Å². The summed E-state index contributed by atoms with van der Waals surface area (Å²) < 4.78 is 9.88. The molecule has 2 N–H and O–H groups in total. The second-order valence-corrected chi connectivity index (χ2v) is 5.53. The molecular weight excluding hydrogens is 324 g/mol. The van der Waals surface area contributed by atoms with Crippen LogP contribution >= 0.6 is 0 Å². The van der Waals surface area contributed by atoms with Crippen molar-refractivity contribution in [2.75, 3.05) is 20.2 Å². The summed E-state index contributed by atoms with van der Waals surface area (Å²) >= 11 is 0. The van der Waals surface area contributed by atoms with E-state index in [4.69, 9.17) is 4.42 Å². The molecule has 0 aliphatic heterocycles. The molecule has 0 unspecified atom stereocenters. The Morgan fingerprint density at radius 1 is 1.20 bits per heavy atom. The molecule has 0 atom stereocenters. The van der Waals surface area contributed by atoms with Gasteiger partial charge in [-0.1, -0.05) is 18.2 Å². The van der Waals surface area contributed by atoms with Crippen LogP contribution in [-0.2, 0) is 27.4 Å². The molecule has 0 fully saturated rings. The number of carbonyl (C=O) groups is 2. The summed E-state index contributed by atoms with van der Waals surface area (Å²) in [5.74, 6) is 0.309. The number of phenolic OH excluding ortho intramolecular Hbond substituents is 1. The van der Waals surface area contributed by atoms with Gasteiger partial charge in [0.25, 0.3) is 0 Å². The zero-order valence-electron chi connectivity index (χ0n) is 14.1. The molecule has 0 bridgehead atoms. The van der Waals surface area contributed by atoms with E-state index >= 15 is 0 Å². The van der Waals surface area contributed by atoms with Crippen molar-refractivity contribution in [2.24, 2.45) is 0 Å². The molecule has 134 valence electrons. The summed E-state index contributed by atoms with van der Waals surface area (Å²) in [4.78, 5) is 25.1. The van der Waals surface area contributed by atoms with Gasteiger partial charge in [-0.25, -0.2) is 0 Å². The van der Waals surface area contributed by atoms with Crippen LogP contribution in [0, 0.1) is 0 Å². The van der Waals surface area contributed by atoms with Crippen molar-refractivity contribution in [1.29, 1.82) is 0 Å². The van der Waals surface area contributed by atoms with Crippen LogP contribution in [0.3, 0.4) is 0 Å². The lowest BCUT2D eigenvalue weighted by Crippen LogP contribution is -2.37. The molecule has 0 radical (unpaired) electrons. The first-order valence-electron chi connectivity index (χ1n) is 7.93. The van der Waals surface area contributed by atoms with Crippen LogP contribution < -0.4 is 5.32 Å². The van der Waals surface area contributed by atoms with Crippen molar-refractivity contribution < 1.29 is 23.8 Å². The molecule has 0 aliphatic carbocycles. The van der Waals surface area contributed by atoms with Crippen LogP contribution in [0.5, 0.6) is 5.75 Å². The molecule has 1 aromatic carbocycles. The topological polar surface area (TPSA) is 92.0 Å². The van der Waals surface area contributed by atoms with Gasteiger partial charge in [-0.15, -0.1) is 0 Å². The van der Waals surface area contributed by atoms with Crippen LogP contribution in [0.2, 0.25) is 0 Å². The van der Waals surface area contributed by atoms with Crippen LogP contribution in [0.4, 0.5) is 0 Å². The van der Waals surface area contributed by atoms with Gasteiger partial charge in [0.15, 0.2) is 0 Å². The highest BCUT2D eigenvalue weighted by atomic mass is 16.5. The van der Waals surface area contributed by atoms with E-state index in [0.29, 0.717) is 13.1 Å². The Balaban J connectivity index is 1.95. The number of phenols is 1. The normalized spacial score (nSPS) is 10.6. The van der Waals surface area contributed by atoms with Crippen molar-refractivity contribution in [3.05, 3.63) is 54.0 Å². The Labute approximate surface area is 146 Å². The third-order valence-corrected chi connectivity index (χ3v) is 3.59. The Morgan fingerprint density at radius 2 is 2.00 bits per heavy atom. The fraction of sp³-hybridized carbons (Fsp3) is 0.333. The number of aromatic hydroxyl groups is 1. The average molecular weight is 346 g/mol. The first kappa shape index (κ1) is 18.5. The highest BCUT2D eigenvalue weighted by molar-refractivity contribution is 5.78. The van der Waals surface area contributed by atoms with Gasteiger partial charge in [0.05, 0.1) is 32.9 Å². The van der Waals surface area contributed by atoms with Crippen molar-refractivity contribution >= 4 is 11.9 Å². The van der Waals surface area contributed by atoms with E-state index in [2.05, 4.69) is 10.1 Å². The van der Waals surface area contributed by atoms with E-state index in [1.165, 1.54) is 7.11 Å². The number of para-hydroxylation sites is 1. The first-order chi connectivity index (χ1) is 12.1. The number of benzene rings is 1. The zero-order valence-corrected chi connectivity index (χ0v) is 14.1. The van der Waals surface area contributed by atoms with Crippen LogP contribution in [0.15, 0.2) is 47.1 Å². The third-order valence-electron chi connectivity index (χ3n) is 3.59. The molecule has 2 rings (SSSR count). The molecule has 0 spiro atoms. The summed E-state index contributed by atoms with van der Waals surface area (Å²) in [6.45, 7) is 1.14. The number of furan rings is 1. The summed E-state index contributed by atoms with van der Waals surface area (Å²) in [5, 5.41) is 12.6. The predicted molar refractivity (Wildman–Crippen MR) is 90.6 cm³/mol. The van der Waals surface area contributed by atoms with E-state index in [1.807, 2.05) is 17.0 Å². The molecule has 0 saturated carbocycles. The smallest absolute Gasteiger partial charge is 0.307 e. The Bertz CT molecular complexity index is 685. The number of rotatable bonds is 9. The fourth-order valence-corrected chi connectivity index (χ4v) is 2.34. The molecule has 0 saturated heterocycles. The summed E-state index contributed by atoms with van der Waals surface area (Å²) in [7, 11) is 1.31. The molecule has 0 aliphatic rings. The lowest BCUT2D eigenvalue weighted by molar-refractivity contribution is -0.140. The van der Waals surface area contributed by atoms with Crippen molar-refractivity contribution in [1.82, 2.24) is 10.2 Å². The second kappa shape index (κ2) is 9.48. The molecular formula is C18H22N2O5. The number of methoxy groups -OCH3 is 1. The molecule has 1 heterocycles. The Kier molecular flexibility index (Phi) is 7.03. The van der Waals surface area contributed by atoms with Gasteiger partial charge in [-0.05, 0) is 18.2 Å². The maximum atomic E-state index is 12.1. The van der Waals surface area contributed by atoms with Crippen molar-refractivity contribution in [3.63, 3.8) is 0 Å². The molecule has 7 heteroatoms. The zero-order chi connectivity index (χ0) is 18.1. The molecule has 1 amide bonds. The maximum Gasteiger partial charge on any atom is 0.307 e. The number of ether oxygens (including phenoxy) is 1. The summed E-state index contributed by atoms with van der Waals surface area (Å²) in [6, 6.07) is 10.6. The molecule has 1 aromatic heterocycles. The predicted octanol–water partition coefficient (Wildman–Crippen LogP) is 1.67. The number of hydrogen-bond donors (Lipinski definition) is 2. The standard InChI is InChI=1S/C18H22N2O5/c1-24-18(23)8-9-19-17(22)13-20(12-15-6-4-10-25-15)11-14-5-2-3-7-16(14)21/h2-7,10,21H,8-9,11-13H2,1H3,(H,19,22). The number of carbonyl (C=O) groups excluding carboxylic acids is 2. The van der Waals surface area contributed by atoms with Gasteiger partial charge >= 0.3 is 5.97 Å². The van der Waals surface area contributed by atoms with E-state index in [9.17, 15) is 14.7 Å². The van der Waals surface area contributed by atoms with Crippen molar-refractivity contribution in [3.8, 4) is 5.75 Å². The van der Waals surface area contributed by atoms with Gasteiger partial charge < -0.3 is 19.6 Å². The second-order valence-electron chi connectivity index (χ2n) is 5.53. The quantitative estimate of drug-likeness (QED) is 0.671. The first-order valence-corrected chi connectivity index (χ1v) is 7.93. The third kappa shape index (κ3) is 6.31. The molecule has 25 heavy (non-hydrogen) atoms. The minimum absolute atomic E-state index is 0.107. The minimum Gasteiger partial charge on any atom is -0.508 e. The van der Waals surface area contributed by atoms with E-state index in [-0.39, 0.29) is 37.1 Å². The van der Waals surface area contributed by atoms with E-state index in [0.717, 1.165) is 11.3 Å². The highest BCUT2D eigenvalue weighted by Gasteiger charge is 2.15. The lowest BCUT2D eigenvalue weighted by Gasteiger charge is -2.21. The number of esters is 1. The molecule has 2 aromatic rings. The Hall–Kier alpha value is -2.80. The summed E-state index contributed by atoms with van der Waals surface area (Å²) in [5.41, 5.74) is 0.719. The van der Waals surface area contributed by atoms with Gasteiger partial charge in [0.1, 0.15) is 11.5 Å². The summed E-state index contributed by atoms with van der Waals surface area (Å²) in [6.07, 6.45) is 1.70. The maximum absolute atomic E-state index is 12.1. The minimum atomic E-state index is -0.373. The van der Waals surface area contributed by atoms with Gasteiger partial charge in [0.2, 0.25) is 5.91 Å². The number of nitrogens with one attached hydrogen (secondary N) is 1. The van der Waals surface area contributed by atoms with Crippen LogP contribution in [-0.4, -0.2) is 42.1 Å². The monoisotopic (exact) mass is 346 g/mol. The lowest BCUT2D eigenvalue weighted by atomic mass is 10.2. The van der Waals surface area contributed by atoms with Crippen molar-refractivity contribution in [2.45, 2.75) is 19.5 Å². The number of hydrogen-bond acceptors (Lipinski definition) is 6. The van der Waals surface area contributed by atoms with Gasteiger partial charge in [0, 0.05) is 18.7 Å². The van der Waals surface area contributed by atoms with Gasteiger partial charge in [-0.2, -0.15) is 0 Å². The number of amides is 1. The SMILES string of the molecule is COC(=O)CCNC(=O)CN(Cc1ccco1)Cc1ccccc1O. The Morgan fingerprint density at radius 3 is 2.68 bits per heavy atom. The largest absolute Gasteiger partial charge is 0.508 e. The number of nitrogens with zero attached hydrogens (tertiary/aromatic N) is 1. The van der Waals surface area contributed by atoms with Crippen LogP contribution in [0.25, 0.3) is 0 Å². The fourth-order valence-electron chi connectivity index (χ4n) is 2.34. The average Bonchev–Trinajstić information content (AvgIpc) is 3.09. The van der Waals surface area contributed by atoms with Gasteiger partial charge in [-0.3, -0.25) is 14.5 Å². The van der Waals surface area contributed by atoms with E-state index < -0.39 is 0 Å². The molecule has 7 nitrogen and oxygen atoms in total.